The van der Waals surface area contributed by atoms with Crippen LogP contribution in [0, 0.1) is 0 Å². The molecule has 294 valence electrons. The minimum absolute atomic E-state index is 0.608. The van der Waals surface area contributed by atoms with Crippen LogP contribution in [0.3, 0.4) is 0 Å². The molecule has 0 amide bonds. The first-order chi connectivity index (χ1) is 30.7. The molecule has 0 saturated heterocycles. The third-order valence-corrected chi connectivity index (χ3v) is 9.94. The van der Waals surface area contributed by atoms with Gasteiger partial charge in [-0.25, -0.2) is 9.97 Å². The van der Waals surface area contributed by atoms with Gasteiger partial charge in [0.25, 0.3) is 0 Å². The summed E-state index contributed by atoms with van der Waals surface area (Å²) in [6, 6.07) is 54.8. The van der Waals surface area contributed by atoms with Gasteiger partial charge in [0.1, 0.15) is 23.0 Å². The van der Waals surface area contributed by atoms with E-state index in [1.54, 1.807) is 37.2 Å². The lowest BCUT2D eigenvalue weighted by molar-refractivity contribution is 0.479. The van der Waals surface area contributed by atoms with Crippen molar-refractivity contribution in [2.45, 2.75) is 0 Å². The Labute approximate surface area is 357 Å². The van der Waals surface area contributed by atoms with Crippen LogP contribution < -0.4 is 9.47 Å². The van der Waals surface area contributed by atoms with Crippen LogP contribution in [0.2, 0.25) is 0 Å². The van der Waals surface area contributed by atoms with E-state index in [2.05, 4.69) is 29.9 Å². The van der Waals surface area contributed by atoms with E-state index < -0.39 is 0 Å². The average molecular weight is 803 g/mol. The van der Waals surface area contributed by atoms with Gasteiger partial charge in [0.2, 0.25) is 0 Å². The van der Waals surface area contributed by atoms with Crippen LogP contribution in [0.5, 0.6) is 23.0 Å². The fourth-order valence-electron chi connectivity index (χ4n) is 6.86. The molecule has 10 rings (SSSR count). The molecule has 10 heteroatoms. The maximum Gasteiger partial charge on any atom is 0.145 e. The molecule has 0 N–H and O–H groups in total. The van der Waals surface area contributed by atoms with Gasteiger partial charge in [0.15, 0.2) is 0 Å². The van der Waals surface area contributed by atoms with E-state index in [9.17, 15) is 0 Å². The first-order valence-corrected chi connectivity index (χ1v) is 19.9. The van der Waals surface area contributed by atoms with Crippen LogP contribution in [-0.4, -0.2) is 39.9 Å². The smallest absolute Gasteiger partial charge is 0.145 e. The number of hydrogen-bond acceptors (Lipinski definition) is 10. The highest BCUT2D eigenvalue weighted by Crippen LogP contribution is 2.33. The molecule has 0 unspecified atom stereocenters. The molecule has 0 atom stereocenters. The van der Waals surface area contributed by atoms with Crippen LogP contribution >= 0.6 is 0 Å². The number of ether oxygens (including phenoxy) is 2. The van der Waals surface area contributed by atoms with Crippen molar-refractivity contribution in [2.24, 2.45) is 0 Å². The van der Waals surface area contributed by atoms with E-state index >= 15 is 0 Å². The Kier molecular flexibility index (Phi) is 10.4. The summed E-state index contributed by atoms with van der Waals surface area (Å²) in [5.41, 5.74) is 11.7. The van der Waals surface area contributed by atoms with Gasteiger partial charge in [-0.3, -0.25) is 29.9 Å². The lowest BCUT2D eigenvalue weighted by Crippen LogP contribution is -1.94. The quantitative estimate of drug-likeness (QED) is 0.125. The summed E-state index contributed by atoms with van der Waals surface area (Å²) >= 11 is 0. The zero-order chi connectivity index (χ0) is 41.5. The molecule has 0 spiro atoms. The van der Waals surface area contributed by atoms with Crippen molar-refractivity contribution in [1.29, 1.82) is 0 Å². The van der Waals surface area contributed by atoms with E-state index in [0.29, 0.717) is 34.4 Å². The fourth-order valence-corrected chi connectivity index (χ4v) is 6.86. The zero-order valence-electron chi connectivity index (χ0n) is 33.0. The number of nitrogens with zero attached hydrogens (tertiary/aromatic N) is 8. The number of hydrogen-bond donors (Lipinski definition) is 0. The summed E-state index contributed by atoms with van der Waals surface area (Å²) in [7, 11) is 0. The molecule has 0 aliphatic carbocycles. The Balaban J connectivity index is 0.801. The molecule has 0 aliphatic rings. The Morgan fingerprint density at radius 1 is 0.242 bits per heavy atom. The van der Waals surface area contributed by atoms with Gasteiger partial charge in [-0.1, -0.05) is 48.5 Å². The molecule has 62 heavy (non-hydrogen) atoms. The highest BCUT2D eigenvalue weighted by Gasteiger charge is 2.13. The Hall–Kier alpha value is -8.76. The molecular weight excluding hydrogens is 769 g/mol. The summed E-state index contributed by atoms with van der Waals surface area (Å²) in [4.78, 5) is 37.1. The minimum atomic E-state index is 0.608. The third-order valence-electron chi connectivity index (χ3n) is 9.94. The minimum Gasteiger partial charge on any atom is -0.456 e. The van der Waals surface area contributed by atoms with Gasteiger partial charge in [-0.15, -0.1) is 0 Å². The monoisotopic (exact) mass is 802 g/mol. The summed E-state index contributed by atoms with van der Waals surface area (Å²) in [5.74, 6) is 2.58. The predicted octanol–water partition coefficient (Wildman–Crippen LogP) is 12.1. The highest BCUT2D eigenvalue weighted by atomic mass is 16.5. The van der Waals surface area contributed by atoms with E-state index in [1.165, 1.54) is 0 Å². The predicted molar refractivity (Wildman–Crippen MR) is 240 cm³/mol. The van der Waals surface area contributed by atoms with Crippen molar-refractivity contribution in [1.82, 2.24) is 39.9 Å². The van der Waals surface area contributed by atoms with Gasteiger partial charge in [-0.05, 0) is 144 Å². The second-order valence-corrected chi connectivity index (χ2v) is 14.1. The summed E-state index contributed by atoms with van der Waals surface area (Å²) in [6.45, 7) is 0. The van der Waals surface area contributed by atoms with Crippen molar-refractivity contribution in [3.8, 4) is 102 Å². The average Bonchev–Trinajstić information content (AvgIpc) is 3.36. The summed E-state index contributed by atoms with van der Waals surface area (Å²) < 4.78 is 12.4. The van der Waals surface area contributed by atoms with E-state index in [4.69, 9.17) is 19.4 Å². The molecule has 8 heterocycles. The van der Waals surface area contributed by atoms with Crippen LogP contribution in [0.1, 0.15) is 0 Å². The molecule has 0 saturated carbocycles. The van der Waals surface area contributed by atoms with Crippen molar-refractivity contribution in [3.63, 3.8) is 0 Å². The fraction of sp³-hybridized carbons (Fsp3) is 0. The molecule has 0 fully saturated rings. The normalized spacial score (nSPS) is 10.9. The molecular formula is C52H34N8O2. The maximum absolute atomic E-state index is 6.18. The van der Waals surface area contributed by atoms with Crippen molar-refractivity contribution >= 4 is 0 Å². The Morgan fingerprint density at radius 2 is 0.548 bits per heavy atom. The van der Waals surface area contributed by atoms with E-state index in [-0.39, 0.29) is 0 Å². The van der Waals surface area contributed by atoms with Crippen molar-refractivity contribution in [2.75, 3.05) is 0 Å². The second kappa shape index (κ2) is 17.2. The van der Waals surface area contributed by atoms with E-state index in [1.807, 2.05) is 170 Å². The van der Waals surface area contributed by atoms with Gasteiger partial charge in [0.05, 0.1) is 69.3 Å². The van der Waals surface area contributed by atoms with Crippen LogP contribution in [0.4, 0.5) is 0 Å². The maximum atomic E-state index is 6.18. The number of pyridine rings is 8. The van der Waals surface area contributed by atoms with E-state index in [0.717, 1.165) is 67.8 Å². The standard InChI is InChI=1S/C52H34N8O2/c1-5-25-53-43(9-1)49-29-37(30-50(59-49)44-10-2-6-26-54-44)35-13-17-39(18-14-35)61-41-21-23-47(57-33-41)48-24-22-42(34-58-48)62-40-19-15-36(16-20-40)38-31-51(45-11-3-7-27-55-45)60-52(32-38)46-12-4-8-28-56-46/h1-34H. The Morgan fingerprint density at radius 3 is 0.823 bits per heavy atom. The highest BCUT2D eigenvalue weighted by molar-refractivity contribution is 5.76. The van der Waals surface area contributed by atoms with Crippen molar-refractivity contribution in [3.05, 3.63) is 207 Å². The van der Waals surface area contributed by atoms with Crippen LogP contribution in [0.15, 0.2) is 207 Å². The molecule has 0 aliphatic heterocycles. The first-order valence-electron chi connectivity index (χ1n) is 19.9. The molecule has 10 aromatic rings. The second-order valence-electron chi connectivity index (χ2n) is 14.1. The lowest BCUT2D eigenvalue weighted by Gasteiger charge is -2.11. The van der Waals surface area contributed by atoms with Gasteiger partial charge in [0, 0.05) is 24.8 Å². The van der Waals surface area contributed by atoms with Crippen LogP contribution in [-0.2, 0) is 0 Å². The molecule has 0 bridgehead atoms. The third kappa shape index (κ3) is 8.52. The largest absolute Gasteiger partial charge is 0.456 e. The van der Waals surface area contributed by atoms with Crippen LogP contribution in [0.25, 0.3) is 79.2 Å². The first kappa shape index (κ1) is 37.5. The lowest BCUT2D eigenvalue weighted by atomic mass is 10.0. The van der Waals surface area contributed by atoms with Crippen molar-refractivity contribution < 1.29 is 9.47 Å². The molecule has 2 aromatic carbocycles. The number of aromatic nitrogens is 8. The number of benzene rings is 2. The number of rotatable bonds is 11. The zero-order valence-corrected chi connectivity index (χ0v) is 33.0. The van der Waals surface area contributed by atoms with Gasteiger partial charge in [-0.2, -0.15) is 0 Å². The Bertz CT molecular complexity index is 2740. The summed E-state index contributed by atoms with van der Waals surface area (Å²) in [5, 5.41) is 0. The topological polar surface area (TPSA) is 122 Å². The molecule has 8 aromatic heterocycles. The van der Waals surface area contributed by atoms with Gasteiger partial charge >= 0.3 is 0 Å². The SMILES string of the molecule is c1ccc(-c2cc(-c3ccc(Oc4ccc(-c5ccc(Oc6ccc(-c7cc(-c8ccccn8)nc(-c8ccccn8)c7)cc6)cn5)nc4)cc3)cc(-c3ccccn3)n2)nc1. The molecule has 10 nitrogen and oxygen atoms in total. The summed E-state index contributed by atoms with van der Waals surface area (Å²) in [6.07, 6.45) is 10.5. The van der Waals surface area contributed by atoms with Gasteiger partial charge < -0.3 is 9.47 Å². The molecule has 0 radical (unpaired) electrons.